The molecule has 0 spiro atoms. The molecule has 0 fully saturated rings. The standard InChI is InChI=1S/C10H7F5N4/c11-9(12,13)10(14,15)19-8(16-17-18-19)6-7-4-2-1-3-5-7/h1-5H,6H2. The van der Waals surface area contributed by atoms with Crippen LogP contribution in [0.4, 0.5) is 22.0 Å². The molecule has 0 saturated heterocycles. The van der Waals surface area contributed by atoms with E-state index in [4.69, 9.17) is 0 Å². The van der Waals surface area contributed by atoms with E-state index in [1.165, 1.54) is 0 Å². The van der Waals surface area contributed by atoms with Crippen LogP contribution in [0.3, 0.4) is 0 Å². The Balaban J connectivity index is 2.33. The molecule has 4 nitrogen and oxygen atoms in total. The lowest BCUT2D eigenvalue weighted by Crippen LogP contribution is -2.41. The fourth-order valence-electron chi connectivity index (χ4n) is 1.43. The highest BCUT2D eigenvalue weighted by Crippen LogP contribution is 2.39. The van der Waals surface area contributed by atoms with E-state index in [-0.39, 0.29) is 6.42 Å². The molecule has 0 radical (unpaired) electrons. The van der Waals surface area contributed by atoms with E-state index in [9.17, 15) is 22.0 Å². The Morgan fingerprint density at radius 3 is 2.21 bits per heavy atom. The zero-order valence-corrected chi connectivity index (χ0v) is 9.27. The lowest BCUT2D eigenvalue weighted by Gasteiger charge is -2.19. The molecule has 2 aromatic rings. The van der Waals surface area contributed by atoms with Gasteiger partial charge in [0.05, 0.1) is 0 Å². The number of hydrogen-bond donors (Lipinski definition) is 0. The lowest BCUT2D eigenvalue weighted by molar-refractivity contribution is -0.329. The summed E-state index contributed by atoms with van der Waals surface area (Å²) in [6.45, 7) is 0. The molecule has 0 saturated carbocycles. The van der Waals surface area contributed by atoms with Crippen LogP contribution in [0, 0.1) is 0 Å². The predicted molar refractivity (Wildman–Crippen MR) is 53.3 cm³/mol. The average Bonchev–Trinajstić information content (AvgIpc) is 2.77. The number of tetrazole rings is 1. The Kier molecular flexibility index (Phi) is 3.21. The SMILES string of the molecule is FC(F)(F)C(F)(F)n1nnnc1Cc1ccccc1. The Labute approximate surface area is 103 Å². The van der Waals surface area contributed by atoms with Gasteiger partial charge in [0.1, 0.15) is 0 Å². The topological polar surface area (TPSA) is 43.6 Å². The molecule has 19 heavy (non-hydrogen) atoms. The Hall–Kier alpha value is -2.06. The van der Waals surface area contributed by atoms with Crippen LogP contribution in [0.1, 0.15) is 11.4 Å². The first kappa shape index (κ1) is 13.4. The van der Waals surface area contributed by atoms with E-state index in [1.807, 2.05) is 0 Å². The number of alkyl halides is 5. The molecule has 0 aliphatic rings. The summed E-state index contributed by atoms with van der Waals surface area (Å²) in [7, 11) is 0. The summed E-state index contributed by atoms with van der Waals surface area (Å²) in [5.74, 6) is -0.562. The summed E-state index contributed by atoms with van der Waals surface area (Å²) in [4.78, 5) is 0. The average molecular weight is 278 g/mol. The zero-order chi connectivity index (χ0) is 14.1. The molecule has 1 heterocycles. The van der Waals surface area contributed by atoms with Gasteiger partial charge in [-0.25, -0.2) is 0 Å². The second kappa shape index (κ2) is 4.56. The highest BCUT2D eigenvalue weighted by atomic mass is 19.4. The first-order chi connectivity index (χ1) is 8.82. The predicted octanol–water partition coefficient (Wildman–Crippen LogP) is 2.38. The summed E-state index contributed by atoms with van der Waals surface area (Å²) in [6.07, 6.45) is -5.98. The number of halogens is 5. The molecule has 1 aromatic heterocycles. The monoisotopic (exact) mass is 278 g/mol. The zero-order valence-electron chi connectivity index (χ0n) is 9.27. The van der Waals surface area contributed by atoms with Crippen molar-refractivity contribution in [3.8, 4) is 0 Å². The van der Waals surface area contributed by atoms with E-state index in [0.717, 1.165) is 0 Å². The summed E-state index contributed by atoms with van der Waals surface area (Å²) in [5, 5.41) is 8.83. The lowest BCUT2D eigenvalue weighted by atomic mass is 10.1. The molecule has 0 bridgehead atoms. The molecule has 0 unspecified atom stereocenters. The van der Waals surface area contributed by atoms with Gasteiger partial charge in [0.2, 0.25) is 0 Å². The number of benzene rings is 1. The van der Waals surface area contributed by atoms with Crippen LogP contribution in [-0.2, 0) is 12.5 Å². The van der Waals surface area contributed by atoms with Crippen LogP contribution < -0.4 is 0 Å². The maximum absolute atomic E-state index is 13.2. The van der Waals surface area contributed by atoms with Crippen molar-refractivity contribution in [1.82, 2.24) is 20.2 Å². The van der Waals surface area contributed by atoms with Crippen LogP contribution in [0.15, 0.2) is 30.3 Å². The van der Waals surface area contributed by atoms with Gasteiger partial charge < -0.3 is 0 Å². The summed E-state index contributed by atoms with van der Waals surface area (Å²) < 4.78 is 62.6. The normalized spacial score (nSPS) is 12.7. The maximum atomic E-state index is 13.2. The van der Waals surface area contributed by atoms with Crippen molar-refractivity contribution in [3.05, 3.63) is 41.7 Å². The van der Waals surface area contributed by atoms with Gasteiger partial charge in [0.15, 0.2) is 5.82 Å². The molecule has 2 rings (SSSR count). The second-order valence-electron chi connectivity index (χ2n) is 3.71. The van der Waals surface area contributed by atoms with Crippen LogP contribution in [0.5, 0.6) is 0 Å². The maximum Gasteiger partial charge on any atom is 0.477 e. The number of rotatable bonds is 3. The first-order valence-electron chi connectivity index (χ1n) is 5.08. The third kappa shape index (κ3) is 2.54. The molecule has 0 N–H and O–H groups in total. The minimum atomic E-state index is -5.76. The van der Waals surface area contributed by atoms with Gasteiger partial charge >= 0.3 is 12.2 Å². The van der Waals surface area contributed by atoms with Gasteiger partial charge in [0.25, 0.3) is 0 Å². The molecule has 0 aliphatic carbocycles. The van der Waals surface area contributed by atoms with Crippen molar-refractivity contribution in [3.63, 3.8) is 0 Å². The van der Waals surface area contributed by atoms with Gasteiger partial charge in [-0.2, -0.15) is 26.6 Å². The smallest absolute Gasteiger partial charge is 0.170 e. The minimum absolute atomic E-state index is 0.223. The fraction of sp³-hybridized carbons (Fsp3) is 0.300. The highest BCUT2D eigenvalue weighted by Gasteiger charge is 2.61. The van der Waals surface area contributed by atoms with Crippen molar-refractivity contribution in [2.45, 2.75) is 18.6 Å². The van der Waals surface area contributed by atoms with Crippen molar-refractivity contribution >= 4 is 0 Å². The Morgan fingerprint density at radius 2 is 1.63 bits per heavy atom. The van der Waals surface area contributed by atoms with E-state index in [0.29, 0.717) is 5.56 Å². The molecule has 102 valence electrons. The molecule has 0 amide bonds. The fourth-order valence-corrected chi connectivity index (χ4v) is 1.43. The van der Waals surface area contributed by atoms with Crippen molar-refractivity contribution in [2.75, 3.05) is 0 Å². The van der Waals surface area contributed by atoms with Gasteiger partial charge in [-0.1, -0.05) is 30.3 Å². The number of nitrogens with zero attached hydrogens (tertiary/aromatic N) is 4. The van der Waals surface area contributed by atoms with E-state index < -0.39 is 22.7 Å². The Morgan fingerprint density at radius 1 is 1.00 bits per heavy atom. The molecule has 1 aromatic carbocycles. The van der Waals surface area contributed by atoms with Crippen molar-refractivity contribution in [1.29, 1.82) is 0 Å². The molecule has 9 heteroatoms. The van der Waals surface area contributed by atoms with Gasteiger partial charge in [0, 0.05) is 6.42 Å². The number of hydrogen-bond acceptors (Lipinski definition) is 3. The Bertz CT molecular complexity index is 549. The molecular weight excluding hydrogens is 271 g/mol. The minimum Gasteiger partial charge on any atom is -0.170 e. The van der Waals surface area contributed by atoms with Crippen LogP contribution in [0.2, 0.25) is 0 Å². The van der Waals surface area contributed by atoms with Gasteiger partial charge in [-0.15, -0.1) is 5.10 Å². The van der Waals surface area contributed by atoms with E-state index in [1.54, 1.807) is 30.3 Å². The summed E-state index contributed by atoms with van der Waals surface area (Å²) in [6, 6.07) is 2.96. The molecule has 0 aliphatic heterocycles. The third-order valence-corrected chi connectivity index (χ3v) is 2.35. The first-order valence-corrected chi connectivity index (χ1v) is 5.08. The second-order valence-corrected chi connectivity index (χ2v) is 3.71. The van der Waals surface area contributed by atoms with E-state index >= 15 is 0 Å². The third-order valence-electron chi connectivity index (χ3n) is 2.35. The van der Waals surface area contributed by atoms with Crippen LogP contribution in [-0.4, -0.2) is 26.4 Å². The van der Waals surface area contributed by atoms with Crippen molar-refractivity contribution < 1.29 is 22.0 Å². The summed E-state index contributed by atoms with van der Waals surface area (Å²) in [5.41, 5.74) is 0.525. The molecule has 0 atom stereocenters. The van der Waals surface area contributed by atoms with Crippen molar-refractivity contribution in [2.24, 2.45) is 0 Å². The number of aromatic nitrogens is 4. The van der Waals surface area contributed by atoms with E-state index in [2.05, 4.69) is 15.5 Å². The quantitative estimate of drug-likeness (QED) is 0.810. The van der Waals surface area contributed by atoms with Gasteiger partial charge in [-0.05, 0) is 16.0 Å². The molecular formula is C10H7F5N4. The van der Waals surface area contributed by atoms with Gasteiger partial charge in [-0.3, -0.25) is 0 Å². The van der Waals surface area contributed by atoms with Crippen LogP contribution in [0.25, 0.3) is 0 Å². The largest absolute Gasteiger partial charge is 0.477 e. The van der Waals surface area contributed by atoms with Crippen LogP contribution >= 0.6 is 0 Å². The summed E-state index contributed by atoms with van der Waals surface area (Å²) >= 11 is 0. The highest BCUT2D eigenvalue weighted by molar-refractivity contribution is 5.18.